The maximum absolute atomic E-state index is 10.9. The van der Waals surface area contributed by atoms with E-state index < -0.39 is 30.5 Å². The fraction of sp³-hybridized carbons (Fsp3) is 0.909. The molecule has 1 aliphatic rings. The van der Waals surface area contributed by atoms with Gasteiger partial charge >= 0.3 is 0 Å². The molecule has 0 amide bonds. The molecule has 1 fully saturated rings. The van der Waals surface area contributed by atoms with Crippen molar-refractivity contribution in [3.63, 3.8) is 0 Å². The number of carbonyl (C=O) groups is 1. The van der Waals surface area contributed by atoms with Crippen LogP contribution in [0.2, 0.25) is 0 Å². The van der Waals surface area contributed by atoms with Crippen LogP contribution in [0.1, 0.15) is 34.1 Å². The molecule has 1 aliphatic heterocycles. The van der Waals surface area contributed by atoms with Crippen LogP contribution in [-0.2, 0) is 9.53 Å². The van der Waals surface area contributed by atoms with Gasteiger partial charge in [-0.15, -0.1) is 0 Å². The van der Waals surface area contributed by atoms with Crippen LogP contribution in [0.3, 0.4) is 0 Å². The summed E-state index contributed by atoms with van der Waals surface area (Å²) in [6, 6.07) is 0. The minimum absolute atomic E-state index is 0.356. The first kappa shape index (κ1) is 15.5. The molecule has 5 nitrogen and oxygen atoms in total. The number of aliphatic hydroxyl groups excluding tert-OH is 3. The molecule has 0 aromatic rings. The van der Waals surface area contributed by atoms with Gasteiger partial charge in [-0.2, -0.15) is 0 Å². The zero-order valence-electron chi connectivity index (χ0n) is 10.3. The smallest absolute Gasteiger partial charge is 0.161 e. The first-order valence-corrected chi connectivity index (χ1v) is 5.56. The quantitative estimate of drug-likeness (QED) is 0.588. The molecule has 0 radical (unpaired) electrons. The predicted molar refractivity (Wildman–Crippen MR) is 59.0 cm³/mol. The van der Waals surface area contributed by atoms with Crippen LogP contribution in [0.4, 0.5) is 0 Å². The van der Waals surface area contributed by atoms with E-state index >= 15 is 0 Å². The van der Waals surface area contributed by atoms with Gasteiger partial charge < -0.3 is 20.1 Å². The third kappa shape index (κ3) is 3.83. The lowest BCUT2D eigenvalue weighted by atomic mass is 9.94. The lowest BCUT2D eigenvalue weighted by Gasteiger charge is -2.38. The minimum atomic E-state index is -1.34. The van der Waals surface area contributed by atoms with Gasteiger partial charge in [-0.25, -0.2) is 0 Å². The number of rotatable bonds is 1. The van der Waals surface area contributed by atoms with Crippen LogP contribution in [0.25, 0.3) is 0 Å². The highest BCUT2D eigenvalue weighted by Gasteiger charge is 2.43. The van der Waals surface area contributed by atoms with Gasteiger partial charge in [0.15, 0.2) is 5.78 Å². The van der Waals surface area contributed by atoms with Crippen molar-refractivity contribution in [1.82, 2.24) is 0 Å². The summed E-state index contributed by atoms with van der Waals surface area (Å²) in [6.45, 7) is 7.06. The van der Waals surface area contributed by atoms with E-state index in [2.05, 4.69) is 13.8 Å². The van der Waals surface area contributed by atoms with Gasteiger partial charge in [0, 0.05) is 0 Å². The molecule has 0 unspecified atom stereocenters. The second kappa shape index (κ2) is 6.96. The van der Waals surface area contributed by atoms with Crippen molar-refractivity contribution in [3.8, 4) is 0 Å². The molecule has 5 atom stereocenters. The second-order valence-electron chi connectivity index (χ2n) is 4.05. The van der Waals surface area contributed by atoms with E-state index in [1.54, 1.807) is 0 Å². The summed E-state index contributed by atoms with van der Waals surface area (Å²) in [5.74, 6) is -0.356. The maximum Gasteiger partial charge on any atom is 0.161 e. The summed E-state index contributed by atoms with van der Waals surface area (Å²) in [5.41, 5.74) is 0. The minimum Gasteiger partial charge on any atom is -0.388 e. The Labute approximate surface area is 96.0 Å². The van der Waals surface area contributed by atoms with Crippen molar-refractivity contribution < 1.29 is 24.9 Å². The van der Waals surface area contributed by atoms with E-state index in [9.17, 15) is 20.1 Å². The number of ether oxygens (including phenoxy) is 1. The number of Topliss-reactive ketones (excluding diaryl/α,β-unsaturated/α-hetero) is 1. The molecule has 0 spiro atoms. The molecule has 0 aromatic heterocycles. The lowest BCUT2D eigenvalue weighted by molar-refractivity contribution is -0.214. The fourth-order valence-corrected chi connectivity index (χ4v) is 1.39. The van der Waals surface area contributed by atoms with Gasteiger partial charge in [0.05, 0.1) is 6.10 Å². The highest BCUT2D eigenvalue weighted by atomic mass is 16.5. The van der Waals surface area contributed by atoms with Crippen molar-refractivity contribution in [3.05, 3.63) is 0 Å². The Morgan fingerprint density at radius 1 is 1.12 bits per heavy atom. The SMILES string of the molecule is CC(=O)[C@H]1O[C@@H](C)[C@H](O)[C@@H](O)[C@@H]1O.CCC. The Morgan fingerprint density at radius 2 is 1.56 bits per heavy atom. The average Bonchev–Trinajstić information content (AvgIpc) is 2.21. The summed E-state index contributed by atoms with van der Waals surface area (Å²) in [7, 11) is 0. The van der Waals surface area contributed by atoms with Gasteiger partial charge in [0.1, 0.15) is 24.4 Å². The zero-order valence-corrected chi connectivity index (χ0v) is 10.3. The first-order valence-electron chi connectivity index (χ1n) is 5.56. The monoisotopic (exact) mass is 234 g/mol. The van der Waals surface area contributed by atoms with Gasteiger partial charge in [0.25, 0.3) is 0 Å². The molecule has 3 N–H and O–H groups in total. The molecule has 5 heteroatoms. The maximum atomic E-state index is 10.9. The van der Waals surface area contributed by atoms with E-state index in [0.717, 1.165) is 0 Å². The van der Waals surface area contributed by atoms with Gasteiger partial charge in [-0.1, -0.05) is 20.3 Å². The molecule has 96 valence electrons. The van der Waals surface area contributed by atoms with E-state index in [1.165, 1.54) is 20.3 Å². The summed E-state index contributed by atoms with van der Waals surface area (Å²) in [6.07, 6.45) is -4.24. The summed E-state index contributed by atoms with van der Waals surface area (Å²) >= 11 is 0. The Morgan fingerprint density at radius 3 is 1.94 bits per heavy atom. The van der Waals surface area contributed by atoms with Crippen LogP contribution in [-0.4, -0.2) is 51.6 Å². The molecule has 1 heterocycles. The topological polar surface area (TPSA) is 87.0 Å². The van der Waals surface area contributed by atoms with Crippen LogP contribution in [0.5, 0.6) is 0 Å². The van der Waals surface area contributed by atoms with Crippen molar-refractivity contribution in [2.75, 3.05) is 0 Å². The summed E-state index contributed by atoms with van der Waals surface area (Å²) in [5, 5.41) is 27.9. The first-order chi connectivity index (χ1) is 7.36. The second-order valence-corrected chi connectivity index (χ2v) is 4.05. The average molecular weight is 234 g/mol. The standard InChI is InChI=1S/C8H14O5.C3H8/c1-3(9)8-7(12)6(11)5(10)4(2)13-8;1-3-2/h4-8,10-12H,1-2H3;3H2,1-2H3/t4-,5-,6+,7-,8+;/m0./s1. The van der Waals surface area contributed by atoms with Gasteiger partial charge in [0.2, 0.25) is 0 Å². The molecule has 0 aliphatic carbocycles. The van der Waals surface area contributed by atoms with Crippen LogP contribution in [0.15, 0.2) is 0 Å². The fourth-order valence-electron chi connectivity index (χ4n) is 1.39. The lowest BCUT2D eigenvalue weighted by Crippen LogP contribution is -2.58. The molecule has 1 saturated heterocycles. The van der Waals surface area contributed by atoms with Gasteiger partial charge in [-0.05, 0) is 13.8 Å². The van der Waals surface area contributed by atoms with Crippen LogP contribution >= 0.6 is 0 Å². The van der Waals surface area contributed by atoms with E-state index in [1.807, 2.05) is 0 Å². The zero-order chi connectivity index (χ0) is 12.9. The summed E-state index contributed by atoms with van der Waals surface area (Å²) in [4.78, 5) is 10.9. The Hall–Kier alpha value is -0.490. The number of hydrogen-bond donors (Lipinski definition) is 3. The molecular formula is C11H22O5. The van der Waals surface area contributed by atoms with Crippen molar-refractivity contribution >= 4 is 5.78 Å². The Kier molecular flexibility index (Phi) is 6.74. The Balaban J connectivity index is 0.000000673. The normalized spacial score (nSPS) is 38.6. The molecule has 16 heavy (non-hydrogen) atoms. The molecule has 0 saturated carbocycles. The third-order valence-electron chi connectivity index (χ3n) is 2.25. The molecule has 0 bridgehead atoms. The number of aliphatic hydroxyl groups is 3. The van der Waals surface area contributed by atoms with E-state index in [0.29, 0.717) is 0 Å². The number of hydrogen-bond acceptors (Lipinski definition) is 5. The summed E-state index contributed by atoms with van der Waals surface area (Å²) < 4.78 is 5.03. The predicted octanol–water partition coefficient (Wildman–Crippen LogP) is -0.138. The number of ketones is 1. The Bertz CT molecular complexity index is 218. The highest BCUT2D eigenvalue weighted by molar-refractivity contribution is 5.81. The van der Waals surface area contributed by atoms with E-state index in [-0.39, 0.29) is 5.78 Å². The molecular weight excluding hydrogens is 212 g/mol. The highest BCUT2D eigenvalue weighted by Crippen LogP contribution is 2.21. The van der Waals surface area contributed by atoms with E-state index in [4.69, 9.17) is 4.74 Å². The third-order valence-corrected chi connectivity index (χ3v) is 2.25. The van der Waals surface area contributed by atoms with Gasteiger partial charge in [-0.3, -0.25) is 4.79 Å². The van der Waals surface area contributed by atoms with Crippen LogP contribution < -0.4 is 0 Å². The largest absolute Gasteiger partial charge is 0.388 e. The van der Waals surface area contributed by atoms with Crippen molar-refractivity contribution in [1.29, 1.82) is 0 Å². The molecule has 0 aromatic carbocycles. The molecule has 1 rings (SSSR count). The van der Waals surface area contributed by atoms with Crippen LogP contribution in [0, 0.1) is 0 Å². The van der Waals surface area contributed by atoms with Crippen molar-refractivity contribution in [2.45, 2.75) is 64.6 Å². The number of carbonyl (C=O) groups excluding carboxylic acids is 1. The van der Waals surface area contributed by atoms with Crippen molar-refractivity contribution in [2.24, 2.45) is 0 Å².